The molecular formula is C12H11NO4S. The van der Waals surface area contributed by atoms with Crippen molar-refractivity contribution in [3.8, 4) is 0 Å². The molecule has 1 amide bonds. The summed E-state index contributed by atoms with van der Waals surface area (Å²) in [6.07, 6.45) is 0.0673. The second kappa shape index (κ2) is 3.84. The number of hydrogen-bond acceptors (Lipinski definition) is 4. The van der Waals surface area contributed by atoms with Gasteiger partial charge in [0.05, 0.1) is 23.3 Å². The van der Waals surface area contributed by atoms with Gasteiger partial charge in [0.1, 0.15) is 5.76 Å². The quantitative estimate of drug-likeness (QED) is 0.745. The molecule has 0 bridgehead atoms. The summed E-state index contributed by atoms with van der Waals surface area (Å²) in [5.41, 5.74) is 0. The first-order chi connectivity index (χ1) is 8.56. The molecule has 94 valence electrons. The van der Waals surface area contributed by atoms with Crippen LogP contribution in [-0.4, -0.2) is 32.0 Å². The summed E-state index contributed by atoms with van der Waals surface area (Å²) < 4.78 is 29.5. The number of carbonyl (C=O) groups excluding carboxylic acids is 1. The minimum Gasteiger partial charge on any atom is -0.472 e. The zero-order valence-electron chi connectivity index (χ0n) is 9.44. The van der Waals surface area contributed by atoms with Crippen LogP contribution in [0, 0.1) is 0 Å². The Morgan fingerprint density at radius 1 is 1.28 bits per heavy atom. The van der Waals surface area contributed by atoms with Crippen molar-refractivity contribution in [1.29, 1.82) is 0 Å². The second-order valence-electron chi connectivity index (χ2n) is 4.24. The highest BCUT2D eigenvalue weighted by atomic mass is 32.2. The van der Waals surface area contributed by atoms with E-state index in [1.807, 2.05) is 0 Å². The van der Waals surface area contributed by atoms with Crippen molar-refractivity contribution in [2.75, 3.05) is 6.54 Å². The SMILES string of the molecule is O=C1CC2O/C(=C/S(=O)(=O)c3ccccc3)CN12. The Balaban J connectivity index is 1.87. The van der Waals surface area contributed by atoms with E-state index < -0.39 is 9.84 Å². The Kier molecular flexibility index (Phi) is 2.41. The van der Waals surface area contributed by atoms with E-state index in [9.17, 15) is 13.2 Å². The molecule has 0 saturated carbocycles. The molecule has 0 N–H and O–H groups in total. The van der Waals surface area contributed by atoms with Crippen molar-refractivity contribution >= 4 is 15.7 Å². The van der Waals surface area contributed by atoms with Crippen molar-refractivity contribution in [3.05, 3.63) is 41.5 Å². The number of β-lactam (4-membered cyclic amide) rings is 1. The Bertz CT molecular complexity index is 621. The number of hydrogen-bond donors (Lipinski definition) is 0. The fourth-order valence-corrected chi connectivity index (χ4v) is 3.17. The molecule has 1 aromatic rings. The highest BCUT2D eigenvalue weighted by Crippen LogP contribution is 2.31. The van der Waals surface area contributed by atoms with Crippen LogP contribution >= 0.6 is 0 Å². The molecule has 2 saturated heterocycles. The van der Waals surface area contributed by atoms with Crippen LogP contribution in [0.5, 0.6) is 0 Å². The normalized spacial score (nSPS) is 24.7. The molecule has 2 aliphatic rings. The highest BCUT2D eigenvalue weighted by Gasteiger charge is 2.44. The lowest BCUT2D eigenvalue weighted by Gasteiger charge is -2.30. The summed E-state index contributed by atoms with van der Waals surface area (Å²) in [6.45, 7) is 0.246. The van der Waals surface area contributed by atoms with Crippen LogP contribution in [0.3, 0.4) is 0 Å². The average Bonchev–Trinajstić information content (AvgIpc) is 2.67. The van der Waals surface area contributed by atoms with Crippen molar-refractivity contribution < 1.29 is 17.9 Å². The monoisotopic (exact) mass is 265 g/mol. The second-order valence-corrected chi connectivity index (χ2v) is 6.04. The Morgan fingerprint density at radius 2 is 2.00 bits per heavy atom. The molecule has 2 fully saturated rings. The first-order valence-corrected chi connectivity index (χ1v) is 7.08. The van der Waals surface area contributed by atoms with Gasteiger partial charge in [0.2, 0.25) is 15.7 Å². The number of rotatable bonds is 2. The van der Waals surface area contributed by atoms with Gasteiger partial charge >= 0.3 is 0 Å². The highest BCUT2D eigenvalue weighted by molar-refractivity contribution is 7.94. The molecule has 3 rings (SSSR count). The fraction of sp³-hybridized carbons (Fsp3) is 0.250. The third-order valence-electron chi connectivity index (χ3n) is 2.99. The summed E-state index contributed by atoms with van der Waals surface area (Å²) >= 11 is 0. The Labute approximate surface area is 105 Å². The maximum Gasteiger partial charge on any atom is 0.231 e. The lowest BCUT2D eigenvalue weighted by atomic mass is 10.2. The maximum atomic E-state index is 12.0. The summed E-state index contributed by atoms with van der Waals surface area (Å²) in [6, 6.07) is 8.14. The molecule has 1 aromatic carbocycles. The number of sulfone groups is 1. The maximum absolute atomic E-state index is 12.0. The van der Waals surface area contributed by atoms with Crippen LogP contribution in [-0.2, 0) is 19.4 Å². The topological polar surface area (TPSA) is 63.7 Å². The average molecular weight is 265 g/mol. The molecule has 5 nitrogen and oxygen atoms in total. The largest absolute Gasteiger partial charge is 0.472 e. The number of ether oxygens (including phenoxy) is 1. The molecule has 2 aliphatic heterocycles. The van der Waals surface area contributed by atoms with E-state index in [4.69, 9.17) is 4.74 Å². The summed E-state index contributed by atoms with van der Waals surface area (Å²) in [5, 5.41) is 1.11. The summed E-state index contributed by atoms with van der Waals surface area (Å²) in [7, 11) is -3.51. The number of benzene rings is 1. The van der Waals surface area contributed by atoms with Crippen molar-refractivity contribution in [2.45, 2.75) is 17.5 Å². The van der Waals surface area contributed by atoms with Crippen molar-refractivity contribution in [3.63, 3.8) is 0 Å². The standard InChI is InChI=1S/C12H11NO4S/c14-11-6-12-13(11)7-9(17-12)8-18(15,16)10-4-2-1-3-5-10/h1-5,8,12H,6-7H2/b9-8+. The van der Waals surface area contributed by atoms with E-state index >= 15 is 0 Å². The van der Waals surface area contributed by atoms with Crippen LogP contribution in [0.4, 0.5) is 0 Å². The third kappa shape index (κ3) is 1.78. The van der Waals surface area contributed by atoms with Gasteiger partial charge in [-0.3, -0.25) is 9.69 Å². The smallest absolute Gasteiger partial charge is 0.231 e. The van der Waals surface area contributed by atoms with Crippen LogP contribution < -0.4 is 0 Å². The molecule has 1 atom stereocenters. The van der Waals surface area contributed by atoms with Gasteiger partial charge < -0.3 is 4.74 Å². The van der Waals surface area contributed by atoms with Crippen LogP contribution in [0.1, 0.15) is 6.42 Å². The first kappa shape index (κ1) is 11.3. The number of fused-ring (bicyclic) bond motifs is 1. The van der Waals surface area contributed by atoms with Gasteiger partial charge in [0, 0.05) is 0 Å². The van der Waals surface area contributed by atoms with E-state index in [0.717, 1.165) is 5.41 Å². The van der Waals surface area contributed by atoms with E-state index in [-0.39, 0.29) is 23.6 Å². The molecule has 0 aliphatic carbocycles. The molecule has 6 heteroatoms. The van der Waals surface area contributed by atoms with Crippen molar-refractivity contribution in [2.24, 2.45) is 0 Å². The summed E-state index contributed by atoms with van der Waals surface area (Å²) in [5.74, 6) is 0.329. The van der Waals surface area contributed by atoms with Crippen LogP contribution in [0.15, 0.2) is 46.4 Å². The molecule has 1 unspecified atom stereocenters. The number of nitrogens with zero attached hydrogens (tertiary/aromatic N) is 1. The van der Waals surface area contributed by atoms with Gasteiger partial charge in [-0.25, -0.2) is 8.42 Å². The van der Waals surface area contributed by atoms with Gasteiger partial charge in [0.15, 0.2) is 6.23 Å². The van der Waals surface area contributed by atoms with Gasteiger partial charge in [-0.1, -0.05) is 18.2 Å². The third-order valence-corrected chi connectivity index (χ3v) is 4.49. The van der Waals surface area contributed by atoms with E-state index in [0.29, 0.717) is 12.2 Å². The number of amides is 1. The first-order valence-electron chi connectivity index (χ1n) is 5.53. The predicted octanol–water partition coefficient (Wildman–Crippen LogP) is 0.890. The van der Waals surface area contributed by atoms with Gasteiger partial charge in [-0.15, -0.1) is 0 Å². The Morgan fingerprint density at radius 3 is 2.61 bits per heavy atom. The zero-order chi connectivity index (χ0) is 12.8. The zero-order valence-corrected chi connectivity index (χ0v) is 10.3. The fourth-order valence-electron chi connectivity index (χ4n) is 2.02. The minimum atomic E-state index is -3.51. The lowest BCUT2D eigenvalue weighted by Crippen LogP contribution is -2.48. The molecule has 0 aromatic heterocycles. The molecule has 18 heavy (non-hydrogen) atoms. The molecule has 2 heterocycles. The lowest BCUT2D eigenvalue weighted by molar-refractivity contribution is -0.153. The van der Waals surface area contributed by atoms with Crippen LogP contribution in [0.2, 0.25) is 0 Å². The minimum absolute atomic E-state index is 0.000471. The van der Waals surface area contributed by atoms with E-state index in [2.05, 4.69) is 0 Å². The molecule has 0 radical (unpaired) electrons. The number of carbonyl (C=O) groups is 1. The van der Waals surface area contributed by atoms with Gasteiger partial charge in [-0.05, 0) is 12.1 Å². The van der Waals surface area contributed by atoms with Gasteiger partial charge in [0.25, 0.3) is 0 Å². The summed E-state index contributed by atoms with van der Waals surface area (Å²) in [4.78, 5) is 12.9. The molecule has 0 spiro atoms. The van der Waals surface area contributed by atoms with E-state index in [1.165, 1.54) is 17.0 Å². The van der Waals surface area contributed by atoms with E-state index in [1.54, 1.807) is 18.2 Å². The predicted molar refractivity (Wildman–Crippen MR) is 62.9 cm³/mol. The Hall–Kier alpha value is -1.82. The molecular weight excluding hydrogens is 254 g/mol. The van der Waals surface area contributed by atoms with Gasteiger partial charge in [-0.2, -0.15) is 0 Å². The van der Waals surface area contributed by atoms with Crippen LogP contribution in [0.25, 0.3) is 0 Å². The van der Waals surface area contributed by atoms with Crippen molar-refractivity contribution in [1.82, 2.24) is 4.90 Å².